The van der Waals surface area contributed by atoms with E-state index < -0.39 is 41.9 Å². The molecule has 7 amide bonds. The molecule has 0 spiro atoms. The van der Waals surface area contributed by atoms with Crippen molar-refractivity contribution in [3.8, 4) is 0 Å². The van der Waals surface area contributed by atoms with E-state index in [1.165, 1.54) is 0 Å². The van der Waals surface area contributed by atoms with Crippen LogP contribution in [0.15, 0.2) is 0 Å². The molecule has 516 valence electrons. The first-order valence-corrected chi connectivity index (χ1v) is 32.2. The molecular weight excluding hydrogens is 1170 g/mol. The number of hydrogen-bond donors (Lipinski definition) is 11. The van der Waals surface area contributed by atoms with E-state index in [9.17, 15) is 72.9 Å². The normalized spacial score (nSPS) is 14.4. The number of carbonyl (C=O) groups excluding carboxylic acids is 7. The average Bonchev–Trinajstić information content (AvgIpc) is 3.15. The molecule has 1 saturated heterocycles. The quantitative estimate of drug-likeness (QED) is 0.0353. The Labute approximate surface area is 530 Å². The molecule has 1 aliphatic rings. The standard InChI is InChI=1S/C60H109N13O17/c1-67(53(78)25-23-47(61)59(87)88)31-15-5-10-20-49(74)63-27-13-3-8-18-51(76)65-29-34-73(35-30-66-52(77)19-9-4-14-28-64-50(75)21-11-6-16-32-68(2)54(79)26-24-48(62)60(89)90)55(80)22-12-7-17-33-69-36-38-70(44-56(81)82)40-42-72(46-58(85)86)43-41-71(39-37-69)45-57(83)84/h47-48H,3-46,61-62H2,1-2H3,(H,63,74)(H,64,75)(H,65,76)(H,66,77)(H,81,82)(H,83,84)(H,85,86)(H,87,88)(H,89,90)/t47-,48-/m0/s1. The topological polar surface area (TPSA) is 429 Å². The van der Waals surface area contributed by atoms with Crippen LogP contribution < -0.4 is 32.7 Å². The fourth-order valence-corrected chi connectivity index (χ4v) is 9.86. The molecule has 0 bridgehead atoms. The zero-order valence-corrected chi connectivity index (χ0v) is 53.7. The molecule has 1 fully saturated rings. The molecule has 0 radical (unpaired) electrons. The molecular formula is C60H109N13O17. The minimum absolute atomic E-state index is 0.0514. The van der Waals surface area contributed by atoms with Crippen molar-refractivity contribution in [3.05, 3.63) is 0 Å². The van der Waals surface area contributed by atoms with Crippen molar-refractivity contribution in [1.82, 2.24) is 55.6 Å². The monoisotopic (exact) mass is 1280 g/mol. The zero-order chi connectivity index (χ0) is 67.1. The van der Waals surface area contributed by atoms with E-state index in [1.807, 2.05) is 0 Å². The Morgan fingerprint density at radius 1 is 0.356 bits per heavy atom. The molecule has 0 aliphatic carbocycles. The summed E-state index contributed by atoms with van der Waals surface area (Å²) in [7, 11) is 3.30. The van der Waals surface area contributed by atoms with Crippen LogP contribution >= 0.6 is 0 Å². The van der Waals surface area contributed by atoms with Crippen molar-refractivity contribution in [2.45, 2.75) is 166 Å². The maximum absolute atomic E-state index is 13.7. The average molecular weight is 1280 g/mol. The van der Waals surface area contributed by atoms with Gasteiger partial charge in [-0.1, -0.05) is 32.1 Å². The fraction of sp³-hybridized carbons (Fsp3) is 0.800. The van der Waals surface area contributed by atoms with Crippen molar-refractivity contribution in [1.29, 1.82) is 0 Å². The number of aliphatic carboxylic acids is 5. The Morgan fingerprint density at radius 2 is 0.656 bits per heavy atom. The second-order valence-electron chi connectivity index (χ2n) is 23.3. The van der Waals surface area contributed by atoms with Crippen molar-refractivity contribution in [3.63, 3.8) is 0 Å². The summed E-state index contributed by atoms with van der Waals surface area (Å²) in [5.74, 6) is -6.36. The molecule has 30 nitrogen and oxygen atoms in total. The van der Waals surface area contributed by atoms with Gasteiger partial charge in [-0.15, -0.1) is 0 Å². The van der Waals surface area contributed by atoms with Crippen LogP contribution in [-0.2, 0) is 57.5 Å². The van der Waals surface area contributed by atoms with Gasteiger partial charge in [0, 0.05) is 164 Å². The van der Waals surface area contributed by atoms with E-state index in [4.69, 9.17) is 21.7 Å². The summed E-state index contributed by atoms with van der Waals surface area (Å²) < 4.78 is 0. The Morgan fingerprint density at radius 3 is 0.989 bits per heavy atom. The zero-order valence-electron chi connectivity index (χ0n) is 53.7. The third kappa shape index (κ3) is 44.0. The lowest BCUT2D eigenvalue weighted by molar-refractivity contribution is -0.140. The van der Waals surface area contributed by atoms with Crippen LogP contribution in [0, 0.1) is 0 Å². The highest BCUT2D eigenvalue weighted by Gasteiger charge is 2.22. The highest BCUT2D eigenvalue weighted by atomic mass is 16.4. The number of carboxylic acids is 5. The summed E-state index contributed by atoms with van der Waals surface area (Å²) in [6, 6.07) is -2.16. The van der Waals surface area contributed by atoms with Crippen LogP contribution in [0.4, 0.5) is 0 Å². The number of nitrogens with zero attached hydrogens (tertiary/aromatic N) is 7. The van der Waals surface area contributed by atoms with Crippen LogP contribution in [0.25, 0.3) is 0 Å². The van der Waals surface area contributed by atoms with Gasteiger partial charge in [0.1, 0.15) is 12.1 Å². The molecule has 0 aromatic heterocycles. The fourth-order valence-electron chi connectivity index (χ4n) is 9.86. The van der Waals surface area contributed by atoms with Gasteiger partial charge in [-0.05, 0) is 83.6 Å². The number of carboxylic acid groups (broad SMARTS) is 5. The van der Waals surface area contributed by atoms with E-state index in [-0.39, 0.29) is 132 Å². The summed E-state index contributed by atoms with van der Waals surface area (Å²) >= 11 is 0. The number of carbonyl (C=O) groups is 12. The summed E-state index contributed by atoms with van der Waals surface area (Å²) in [5, 5.41) is 58.1. The minimum atomic E-state index is -1.15. The molecule has 1 aliphatic heterocycles. The van der Waals surface area contributed by atoms with Crippen LogP contribution in [0.1, 0.15) is 154 Å². The van der Waals surface area contributed by atoms with Gasteiger partial charge in [0.05, 0.1) is 19.6 Å². The summed E-state index contributed by atoms with van der Waals surface area (Å²) in [4.78, 5) is 158. The molecule has 1 heterocycles. The predicted octanol–water partition coefficient (Wildman–Crippen LogP) is -0.142. The SMILES string of the molecule is CN(CCCCCC(=O)NCCCCCC(=O)NCCN(CCNC(=O)CCCCCNC(=O)CCCCCN(C)C(=O)CC[C@H](N)C(=O)O)C(=O)CCCCCN1CCN(CC(=O)O)CCN(CC(=O)O)CCN(CC(=O)O)CC1)C(=O)CC[C@H](N)C(=O)O. The van der Waals surface area contributed by atoms with Crippen LogP contribution in [0.3, 0.4) is 0 Å². The number of rotatable bonds is 50. The smallest absolute Gasteiger partial charge is 0.320 e. The van der Waals surface area contributed by atoms with Crippen LogP contribution in [0.2, 0.25) is 0 Å². The Balaban J connectivity index is 2.67. The third-order valence-corrected chi connectivity index (χ3v) is 15.6. The maximum Gasteiger partial charge on any atom is 0.320 e. The number of amides is 7. The summed E-state index contributed by atoms with van der Waals surface area (Å²) in [6.45, 7) is 5.65. The van der Waals surface area contributed by atoms with Gasteiger partial charge >= 0.3 is 29.8 Å². The molecule has 1 rings (SSSR count). The van der Waals surface area contributed by atoms with E-state index in [2.05, 4.69) is 26.2 Å². The molecule has 0 aromatic carbocycles. The Bertz CT molecular complexity index is 2050. The van der Waals surface area contributed by atoms with Gasteiger partial charge < -0.3 is 77.9 Å². The largest absolute Gasteiger partial charge is 0.480 e. The highest BCUT2D eigenvalue weighted by Crippen LogP contribution is 2.11. The molecule has 90 heavy (non-hydrogen) atoms. The maximum atomic E-state index is 13.7. The van der Waals surface area contributed by atoms with Crippen molar-refractivity contribution in [2.24, 2.45) is 11.5 Å². The van der Waals surface area contributed by atoms with E-state index in [0.717, 1.165) is 12.8 Å². The van der Waals surface area contributed by atoms with Gasteiger partial charge in [-0.3, -0.25) is 72.2 Å². The molecule has 30 heteroatoms. The van der Waals surface area contributed by atoms with Gasteiger partial charge in [-0.25, -0.2) is 0 Å². The lowest BCUT2D eigenvalue weighted by Crippen LogP contribution is -2.48. The number of nitrogens with one attached hydrogen (secondary N) is 4. The van der Waals surface area contributed by atoms with Crippen molar-refractivity contribution >= 4 is 71.2 Å². The lowest BCUT2D eigenvalue weighted by atomic mass is 10.1. The summed E-state index contributed by atoms with van der Waals surface area (Å²) in [5.41, 5.74) is 11.0. The van der Waals surface area contributed by atoms with Gasteiger partial charge in [0.15, 0.2) is 0 Å². The second kappa shape index (κ2) is 50.1. The first kappa shape index (κ1) is 81.4. The number of nitrogens with two attached hydrogens (primary N) is 2. The van der Waals surface area contributed by atoms with Crippen LogP contribution in [-0.4, -0.2) is 288 Å². The summed E-state index contributed by atoms with van der Waals surface area (Å²) in [6.07, 6.45) is 11.7. The number of unbranched alkanes of at least 4 members (excludes halogenated alkanes) is 10. The molecule has 0 aromatic rings. The second-order valence-corrected chi connectivity index (χ2v) is 23.3. The first-order chi connectivity index (χ1) is 42.9. The van der Waals surface area contributed by atoms with Gasteiger partial charge in [0.25, 0.3) is 0 Å². The van der Waals surface area contributed by atoms with Crippen molar-refractivity contribution < 1.29 is 83.1 Å². The number of hydrogen-bond acceptors (Lipinski definition) is 18. The van der Waals surface area contributed by atoms with Gasteiger partial charge in [0.2, 0.25) is 41.4 Å². The molecule has 13 N–H and O–H groups in total. The minimum Gasteiger partial charge on any atom is -0.480 e. The van der Waals surface area contributed by atoms with E-state index in [1.54, 1.807) is 43.5 Å². The highest BCUT2D eigenvalue weighted by molar-refractivity contribution is 5.80. The molecule has 0 saturated carbocycles. The van der Waals surface area contributed by atoms with Crippen LogP contribution in [0.5, 0.6) is 0 Å². The molecule has 2 atom stereocenters. The first-order valence-electron chi connectivity index (χ1n) is 32.2. The lowest BCUT2D eigenvalue weighted by Gasteiger charge is -2.33. The van der Waals surface area contributed by atoms with Gasteiger partial charge in [-0.2, -0.15) is 0 Å². The molecule has 0 unspecified atom stereocenters. The Kier molecular flexibility index (Phi) is 45.3. The van der Waals surface area contributed by atoms with E-state index >= 15 is 0 Å². The third-order valence-electron chi connectivity index (χ3n) is 15.6. The van der Waals surface area contributed by atoms with E-state index in [0.29, 0.717) is 181 Å². The predicted molar refractivity (Wildman–Crippen MR) is 335 cm³/mol. The Hall–Kier alpha value is -6.60. The van der Waals surface area contributed by atoms with Crippen molar-refractivity contribution in [2.75, 3.05) is 145 Å².